The maximum atomic E-state index is 13.9. The van der Waals surface area contributed by atoms with E-state index in [2.05, 4.69) is 10.1 Å². The zero-order valence-electron chi connectivity index (χ0n) is 15.5. The third-order valence-electron chi connectivity index (χ3n) is 4.05. The highest BCUT2D eigenvalue weighted by Gasteiger charge is 2.24. The van der Waals surface area contributed by atoms with E-state index in [9.17, 15) is 14.0 Å². The number of alkyl carbamates (subject to hydrolysis) is 1. The zero-order chi connectivity index (χ0) is 19.7. The molecule has 0 aliphatic heterocycles. The molecule has 0 aromatic carbocycles. The van der Waals surface area contributed by atoms with Gasteiger partial charge in [0.25, 0.3) is 0 Å². The number of amides is 1. The molecule has 1 aliphatic carbocycles. The molecule has 2 atom stereocenters. The second-order valence-electron chi connectivity index (χ2n) is 7.49. The van der Waals surface area contributed by atoms with E-state index < -0.39 is 38.9 Å². The molecule has 26 heavy (non-hydrogen) atoms. The van der Waals surface area contributed by atoms with Gasteiger partial charge in [0.15, 0.2) is 14.7 Å². The minimum absolute atomic E-state index is 0.141. The van der Waals surface area contributed by atoms with Crippen LogP contribution in [-0.2, 0) is 14.3 Å². The number of hydrogen-bond acceptors (Lipinski definition) is 6. The van der Waals surface area contributed by atoms with Crippen LogP contribution in [0, 0.1) is 11.3 Å². The van der Waals surface area contributed by atoms with Crippen LogP contribution in [0.5, 0.6) is 0 Å². The largest absolute Gasteiger partial charge is 0.427 e. The number of carbonyl (C=O) groups excluding carboxylic acids is 2. The molecule has 0 aromatic rings. The zero-order valence-corrected chi connectivity index (χ0v) is 16.4. The van der Waals surface area contributed by atoms with E-state index in [1.54, 1.807) is 20.8 Å². The molecule has 0 spiro atoms. The maximum Gasteiger partial charge on any atom is 0.412 e. The average molecular weight is 393 g/mol. The van der Waals surface area contributed by atoms with E-state index in [1.807, 2.05) is 0 Å². The summed E-state index contributed by atoms with van der Waals surface area (Å²) < 4.78 is 23.3. The molecule has 1 amide bonds. The number of alkyl halides is 1. The summed E-state index contributed by atoms with van der Waals surface area (Å²) in [6.45, 7) is 4.44. The van der Waals surface area contributed by atoms with Crippen molar-refractivity contribution >= 4 is 20.4 Å². The van der Waals surface area contributed by atoms with Crippen molar-refractivity contribution in [3.63, 3.8) is 0 Å². The summed E-state index contributed by atoms with van der Waals surface area (Å²) in [6, 6.07) is 0. The topological polar surface area (TPSA) is 105 Å². The molecule has 9 heteroatoms. The van der Waals surface area contributed by atoms with Gasteiger partial charge in [0.1, 0.15) is 0 Å². The lowest BCUT2D eigenvalue weighted by Gasteiger charge is -2.25. The molecule has 0 aromatic heterocycles. The van der Waals surface area contributed by atoms with Gasteiger partial charge < -0.3 is 19.3 Å². The number of esters is 1. The molecule has 150 valence electrons. The first-order valence-corrected chi connectivity index (χ1v) is 10.0. The summed E-state index contributed by atoms with van der Waals surface area (Å²) in [5.41, 5.74) is 0.295. The molecular formula is C17H29FNO6P. The van der Waals surface area contributed by atoms with Gasteiger partial charge in [-0.3, -0.25) is 10.1 Å². The molecule has 1 aliphatic rings. The number of allylic oxidation sites excluding steroid dienone is 1. The van der Waals surface area contributed by atoms with Gasteiger partial charge in [-0.15, -0.1) is 0 Å². The van der Waals surface area contributed by atoms with E-state index in [0.29, 0.717) is 6.42 Å². The van der Waals surface area contributed by atoms with Crippen LogP contribution in [0.2, 0.25) is 0 Å². The van der Waals surface area contributed by atoms with Crippen molar-refractivity contribution in [2.45, 2.75) is 65.6 Å². The van der Waals surface area contributed by atoms with Crippen molar-refractivity contribution in [2.24, 2.45) is 11.3 Å². The SMILES string of the molecule is CC(C)(C)C(=O)OCOC(=O)NC(F)CCC1CCCC(=CP(O)O)C1. The number of ether oxygens (including phenoxy) is 2. The van der Waals surface area contributed by atoms with E-state index >= 15 is 0 Å². The van der Waals surface area contributed by atoms with Crippen LogP contribution < -0.4 is 5.32 Å². The molecule has 7 nitrogen and oxygen atoms in total. The molecule has 0 radical (unpaired) electrons. The second-order valence-corrected chi connectivity index (χ2v) is 8.39. The third-order valence-corrected chi connectivity index (χ3v) is 4.65. The Balaban J connectivity index is 2.24. The Bertz CT molecular complexity index is 506. The Labute approximate surface area is 154 Å². The monoisotopic (exact) mass is 393 g/mol. The predicted molar refractivity (Wildman–Crippen MR) is 95.6 cm³/mol. The highest BCUT2D eigenvalue weighted by molar-refractivity contribution is 7.48. The number of carbonyl (C=O) groups is 2. The standard InChI is InChI=1S/C17H29FNO6P/c1-17(2,3)15(20)24-11-25-16(21)19-14(18)8-7-12-5-4-6-13(9-12)10-26(22)23/h10,12,14,22-23H,4-9,11H2,1-3H3,(H,19,21). The predicted octanol–water partition coefficient (Wildman–Crippen LogP) is 3.71. The summed E-state index contributed by atoms with van der Waals surface area (Å²) in [4.78, 5) is 41.1. The molecule has 3 N–H and O–H groups in total. The molecule has 1 fully saturated rings. The fourth-order valence-corrected chi connectivity index (χ4v) is 3.26. The average Bonchev–Trinajstić information content (AvgIpc) is 2.51. The Morgan fingerprint density at radius 2 is 2.08 bits per heavy atom. The summed E-state index contributed by atoms with van der Waals surface area (Å²) in [7, 11) is -2.04. The molecule has 0 bridgehead atoms. The first-order chi connectivity index (χ1) is 12.1. The Morgan fingerprint density at radius 3 is 2.69 bits per heavy atom. The highest BCUT2D eigenvalue weighted by Crippen LogP contribution is 2.37. The van der Waals surface area contributed by atoms with Crippen molar-refractivity contribution in [1.82, 2.24) is 5.32 Å². The van der Waals surface area contributed by atoms with Crippen LogP contribution in [0.25, 0.3) is 0 Å². The number of halogens is 1. The molecule has 1 rings (SSSR count). The van der Waals surface area contributed by atoms with Crippen LogP contribution >= 0.6 is 8.38 Å². The van der Waals surface area contributed by atoms with Crippen LogP contribution in [0.1, 0.15) is 59.3 Å². The minimum atomic E-state index is -2.04. The lowest BCUT2D eigenvalue weighted by Crippen LogP contribution is -2.34. The Hall–Kier alpha value is -1.24. The van der Waals surface area contributed by atoms with Crippen molar-refractivity contribution in [2.75, 3.05) is 6.79 Å². The van der Waals surface area contributed by atoms with Gasteiger partial charge in [-0.2, -0.15) is 0 Å². The van der Waals surface area contributed by atoms with Gasteiger partial charge in [0.05, 0.1) is 5.41 Å². The molecule has 2 unspecified atom stereocenters. The third kappa shape index (κ3) is 9.46. The van der Waals surface area contributed by atoms with Gasteiger partial charge in [-0.25, -0.2) is 9.18 Å². The Morgan fingerprint density at radius 1 is 1.38 bits per heavy atom. The van der Waals surface area contributed by atoms with E-state index in [1.165, 1.54) is 5.82 Å². The maximum absolute atomic E-state index is 13.9. The van der Waals surface area contributed by atoms with Crippen LogP contribution in [-0.4, -0.2) is 34.9 Å². The van der Waals surface area contributed by atoms with Gasteiger partial charge in [-0.1, -0.05) is 5.57 Å². The first-order valence-electron chi connectivity index (χ1n) is 8.69. The lowest BCUT2D eigenvalue weighted by molar-refractivity contribution is -0.161. The van der Waals surface area contributed by atoms with Crippen molar-refractivity contribution in [1.29, 1.82) is 0 Å². The number of nitrogens with one attached hydrogen (secondary N) is 1. The molecule has 0 saturated heterocycles. The summed E-state index contributed by atoms with van der Waals surface area (Å²) in [6.07, 6.45) is 1.64. The van der Waals surface area contributed by atoms with Gasteiger partial charge in [-0.05, 0) is 71.0 Å². The van der Waals surface area contributed by atoms with E-state index in [4.69, 9.17) is 14.5 Å². The van der Waals surface area contributed by atoms with Crippen molar-refractivity contribution in [3.05, 3.63) is 11.4 Å². The molecule has 0 heterocycles. The quantitative estimate of drug-likeness (QED) is 0.264. The summed E-state index contributed by atoms with van der Waals surface area (Å²) in [5.74, 6) is 1.23. The van der Waals surface area contributed by atoms with Crippen molar-refractivity contribution in [3.8, 4) is 0 Å². The summed E-state index contributed by atoms with van der Waals surface area (Å²) >= 11 is 0. The van der Waals surface area contributed by atoms with Crippen molar-refractivity contribution < 1.29 is 33.2 Å². The van der Waals surface area contributed by atoms with Gasteiger partial charge in [0, 0.05) is 0 Å². The first kappa shape index (κ1) is 22.8. The molecular weight excluding hydrogens is 364 g/mol. The Kier molecular flexibility index (Phi) is 9.47. The van der Waals surface area contributed by atoms with Crippen LogP contribution in [0.15, 0.2) is 11.4 Å². The van der Waals surface area contributed by atoms with Crippen LogP contribution in [0.4, 0.5) is 9.18 Å². The second kappa shape index (κ2) is 10.8. The van der Waals surface area contributed by atoms with Gasteiger partial charge in [0.2, 0.25) is 6.79 Å². The lowest BCUT2D eigenvalue weighted by atomic mass is 9.83. The fraction of sp³-hybridized carbons (Fsp3) is 0.765. The summed E-state index contributed by atoms with van der Waals surface area (Å²) in [5, 5.41) is 2.06. The van der Waals surface area contributed by atoms with E-state index in [0.717, 1.165) is 31.3 Å². The normalized spacial score (nSPS) is 20.7. The fourth-order valence-electron chi connectivity index (χ4n) is 2.70. The van der Waals surface area contributed by atoms with E-state index in [-0.39, 0.29) is 12.3 Å². The van der Waals surface area contributed by atoms with Crippen LogP contribution in [0.3, 0.4) is 0 Å². The minimum Gasteiger partial charge on any atom is -0.427 e. The number of rotatable bonds is 7. The van der Waals surface area contributed by atoms with Gasteiger partial charge >= 0.3 is 12.1 Å². The highest BCUT2D eigenvalue weighted by atomic mass is 31.2. The number of hydrogen-bond donors (Lipinski definition) is 3. The molecule has 1 saturated carbocycles. The smallest absolute Gasteiger partial charge is 0.412 e.